The van der Waals surface area contributed by atoms with Gasteiger partial charge < -0.3 is 4.42 Å². The predicted molar refractivity (Wildman–Crippen MR) is 90.4 cm³/mol. The maximum atomic E-state index is 12.6. The van der Waals surface area contributed by atoms with Gasteiger partial charge in [-0.25, -0.2) is 15.1 Å². The number of hydrogen-bond acceptors (Lipinski definition) is 6. The molecule has 9 heteroatoms. The van der Waals surface area contributed by atoms with Gasteiger partial charge in [-0.05, 0) is 30.7 Å². The second-order valence-electron chi connectivity index (χ2n) is 5.43. The van der Waals surface area contributed by atoms with E-state index in [1.165, 1.54) is 18.4 Å². The fraction of sp³-hybridized carbons (Fsp3) is 0.118. The summed E-state index contributed by atoms with van der Waals surface area (Å²) in [6.07, 6.45) is 2.29. The number of anilines is 1. The van der Waals surface area contributed by atoms with Gasteiger partial charge in [-0.15, -0.1) is 0 Å². The summed E-state index contributed by atoms with van der Waals surface area (Å²) in [5, 5.41) is 5.73. The quantitative estimate of drug-likeness (QED) is 0.485. The molecule has 1 saturated heterocycles. The summed E-state index contributed by atoms with van der Waals surface area (Å²) >= 11 is 0. The number of aryl methyl sites for hydroxylation is 1. The van der Waals surface area contributed by atoms with Crippen molar-refractivity contribution < 1.29 is 23.6 Å². The number of barbiturate groups is 1. The Morgan fingerprint density at radius 3 is 2.69 bits per heavy atom. The summed E-state index contributed by atoms with van der Waals surface area (Å²) in [7, 11) is 0. The van der Waals surface area contributed by atoms with Crippen LogP contribution in [0.4, 0.5) is 10.5 Å². The number of rotatable bonds is 4. The highest BCUT2D eigenvalue weighted by Gasteiger charge is 2.40. The zero-order valence-corrected chi connectivity index (χ0v) is 13.6. The smallest absolute Gasteiger partial charge is 0.335 e. The van der Waals surface area contributed by atoms with Crippen LogP contribution in [0.3, 0.4) is 0 Å². The van der Waals surface area contributed by atoms with Gasteiger partial charge in [0.05, 0.1) is 12.0 Å². The molecule has 1 unspecified atom stereocenters. The molecule has 2 N–H and O–H groups in total. The van der Waals surface area contributed by atoms with Crippen molar-refractivity contribution in [3.05, 3.63) is 54.0 Å². The molecule has 2 aromatic rings. The van der Waals surface area contributed by atoms with Gasteiger partial charge in [-0.1, -0.05) is 18.2 Å². The summed E-state index contributed by atoms with van der Waals surface area (Å²) in [6.45, 7) is 1.74. The second kappa shape index (κ2) is 7.01. The highest BCUT2D eigenvalue weighted by atomic mass is 16.3. The van der Waals surface area contributed by atoms with Gasteiger partial charge >= 0.3 is 11.9 Å². The zero-order valence-electron chi connectivity index (χ0n) is 13.6. The van der Waals surface area contributed by atoms with Crippen molar-refractivity contribution in [3.63, 3.8) is 0 Å². The fourth-order valence-corrected chi connectivity index (χ4v) is 2.40. The molecule has 9 nitrogen and oxygen atoms in total. The minimum atomic E-state index is -1.36. The van der Waals surface area contributed by atoms with Crippen LogP contribution in [0.15, 0.2) is 52.2 Å². The Hall–Kier alpha value is -3.75. The van der Waals surface area contributed by atoms with Gasteiger partial charge in [-0.2, -0.15) is 5.10 Å². The number of carbonyl (C=O) groups excluding carboxylic acids is 4. The van der Waals surface area contributed by atoms with Crippen LogP contribution < -0.4 is 15.6 Å². The van der Waals surface area contributed by atoms with Crippen LogP contribution in [0, 0.1) is 12.8 Å². The van der Waals surface area contributed by atoms with E-state index in [0.29, 0.717) is 11.3 Å². The average Bonchev–Trinajstić information content (AvgIpc) is 3.14. The van der Waals surface area contributed by atoms with Crippen molar-refractivity contribution in [1.82, 2.24) is 10.7 Å². The molecule has 0 spiro atoms. The molecule has 5 amide bonds. The Kier molecular flexibility index (Phi) is 4.61. The number of hydrazone groups is 1. The van der Waals surface area contributed by atoms with Gasteiger partial charge in [0.1, 0.15) is 0 Å². The van der Waals surface area contributed by atoms with Crippen LogP contribution in [0.1, 0.15) is 16.1 Å². The van der Waals surface area contributed by atoms with Crippen molar-refractivity contribution in [1.29, 1.82) is 0 Å². The van der Waals surface area contributed by atoms with Crippen molar-refractivity contribution in [2.24, 2.45) is 11.0 Å². The van der Waals surface area contributed by atoms with Crippen LogP contribution in [-0.2, 0) is 9.59 Å². The normalized spacial score (nSPS) is 17.5. The lowest BCUT2D eigenvalue weighted by atomic mass is 10.0. The third-order valence-electron chi connectivity index (χ3n) is 3.69. The average molecular weight is 354 g/mol. The lowest BCUT2D eigenvalue weighted by Crippen LogP contribution is -2.59. The number of carbonyl (C=O) groups is 4. The van der Waals surface area contributed by atoms with Gasteiger partial charge in [0.2, 0.25) is 5.91 Å². The molecule has 3 rings (SSSR count). The number of para-hydroxylation sites is 1. The van der Waals surface area contributed by atoms with Gasteiger partial charge in [-0.3, -0.25) is 19.7 Å². The summed E-state index contributed by atoms with van der Waals surface area (Å²) < 4.78 is 4.90. The highest BCUT2D eigenvalue weighted by Crippen LogP contribution is 2.23. The Morgan fingerprint density at radius 2 is 2.00 bits per heavy atom. The zero-order chi connectivity index (χ0) is 18.7. The van der Waals surface area contributed by atoms with Crippen molar-refractivity contribution in [3.8, 4) is 0 Å². The Labute approximate surface area is 147 Å². The molecule has 0 radical (unpaired) electrons. The molecule has 132 valence electrons. The van der Waals surface area contributed by atoms with E-state index in [1.807, 2.05) is 0 Å². The SMILES string of the molecule is Cc1ccccc1N1C(=O)NC(=O)C(C=NNC(=O)c2ccco2)C1=O. The Bertz CT molecular complexity index is 904. The van der Waals surface area contributed by atoms with E-state index < -0.39 is 29.7 Å². The second-order valence-corrected chi connectivity index (χ2v) is 5.43. The molecule has 0 saturated carbocycles. The topological polar surface area (TPSA) is 121 Å². The van der Waals surface area contributed by atoms with Crippen molar-refractivity contribution in [2.45, 2.75) is 6.92 Å². The molecule has 1 atom stereocenters. The van der Waals surface area contributed by atoms with Gasteiger partial charge in [0.15, 0.2) is 11.7 Å². The largest absolute Gasteiger partial charge is 0.459 e. The van der Waals surface area contributed by atoms with Crippen LogP contribution in [0.2, 0.25) is 0 Å². The molecule has 2 heterocycles. The summed E-state index contributed by atoms with van der Waals surface area (Å²) in [5.74, 6) is -3.55. The van der Waals surface area contributed by atoms with E-state index in [0.717, 1.165) is 11.1 Å². The molecular formula is C17H14N4O5. The van der Waals surface area contributed by atoms with Gasteiger partial charge in [0, 0.05) is 6.21 Å². The fourth-order valence-electron chi connectivity index (χ4n) is 2.40. The van der Waals surface area contributed by atoms with E-state index >= 15 is 0 Å². The number of nitrogens with one attached hydrogen (secondary N) is 2. The van der Waals surface area contributed by atoms with E-state index in [9.17, 15) is 19.2 Å². The summed E-state index contributed by atoms with van der Waals surface area (Å²) in [6, 6.07) is 8.89. The number of furan rings is 1. The predicted octanol–water partition coefficient (Wildman–Crippen LogP) is 1.20. The maximum absolute atomic E-state index is 12.6. The van der Waals surface area contributed by atoms with Crippen LogP contribution in [-0.4, -0.2) is 30.0 Å². The minimum Gasteiger partial charge on any atom is -0.459 e. The molecule has 1 aromatic heterocycles. The van der Waals surface area contributed by atoms with Gasteiger partial charge in [0.25, 0.3) is 5.91 Å². The summed E-state index contributed by atoms with van der Waals surface area (Å²) in [5.41, 5.74) is 3.20. The standard InChI is InChI=1S/C17H14N4O5/c1-10-5-2-3-6-12(10)21-16(24)11(14(22)19-17(21)25)9-18-20-15(23)13-7-4-8-26-13/h2-9,11H,1H3,(H,20,23)(H,19,22,25). The first-order valence-corrected chi connectivity index (χ1v) is 7.60. The monoisotopic (exact) mass is 354 g/mol. The van der Waals surface area contributed by atoms with Crippen LogP contribution >= 0.6 is 0 Å². The van der Waals surface area contributed by atoms with Crippen molar-refractivity contribution in [2.75, 3.05) is 4.90 Å². The Balaban J connectivity index is 1.78. The number of amides is 5. The molecule has 1 aliphatic heterocycles. The molecule has 1 aliphatic rings. The lowest BCUT2D eigenvalue weighted by molar-refractivity contribution is -0.131. The first kappa shape index (κ1) is 17.1. The molecule has 1 fully saturated rings. The molecule has 0 aliphatic carbocycles. The highest BCUT2D eigenvalue weighted by molar-refractivity contribution is 6.32. The van der Waals surface area contributed by atoms with E-state index in [-0.39, 0.29) is 5.76 Å². The van der Waals surface area contributed by atoms with E-state index in [2.05, 4.69) is 15.8 Å². The third-order valence-corrected chi connectivity index (χ3v) is 3.69. The molecule has 26 heavy (non-hydrogen) atoms. The maximum Gasteiger partial charge on any atom is 0.335 e. The minimum absolute atomic E-state index is 0.0262. The number of benzene rings is 1. The summed E-state index contributed by atoms with van der Waals surface area (Å²) in [4.78, 5) is 49.3. The van der Waals surface area contributed by atoms with Crippen LogP contribution in [0.25, 0.3) is 0 Å². The van der Waals surface area contributed by atoms with Crippen molar-refractivity contribution >= 4 is 35.7 Å². The first-order chi connectivity index (χ1) is 12.5. The molecular weight excluding hydrogens is 340 g/mol. The lowest BCUT2D eigenvalue weighted by Gasteiger charge is -2.29. The number of nitrogens with zero attached hydrogens (tertiary/aromatic N) is 2. The van der Waals surface area contributed by atoms with Crippen LogP contribution in [0.5, 0.6) is 0 Å². The van der Waals surface area contributed by atoms with E-state index in [4.69, 9.17) is 4.42 Å². The molecule has 0 bridgehead atoms. The Morgan fingerprint density at radius 1 is 1.23 bits per heavy atom. The van der Waals surface area contributed by atoms with E-state index in [1.54, 1.807) is 31.2 Å². The molecule has 1 aromatic carbocycles. The number of urea groups is 1. The number of hydrogen-bond donors (Lipinski definition) is 2. The third kappa shape index (κ3) is 3.22. The first-order valence-electron chi connectivity index (χ1n) is 7.60. The number of imide groups is 2.